The number of nitrogens with two attached hydrogens (primary N) is 1. The Hall–Kier alpha value is -0.820. The van der Waals surface area contributed by atoms with E-state index in [1.165, 1.54) is 36.0 Å². The number of benzene rings is 1. The molecule has 1 atom stereocenters. The van der Waals surface area contributed by atoms with Crippen molar-refractivity contribution in [2.75, 3.05) is 0 Å². The molecule has 0 spiro atoms. The van der Waals surface area contributed by atoms with E-state index in [1.54, 1.807) is 0 Å². The van der Waals surface area contributed by atoms with Crippen LogP contribution in [-0.4, -0.2) is 0 Å². The summed E-state index contributed by atoms with van der Waals surface area (Å²) in [6.07, 6.45) is 3.95. The van der Waals surface area contributed by atoms with Crippen molar-refractivity contribution >= 4 is 0 Å². The van der Waals surface area contributed by atoms with E-state index in [1.807, 2.05) is 0 Å². The molecule has 0 aliphatic heterocycles. The minimum atomic E-state index is 0.252. The number of aryl methyl sites for hydroxylation is 2. The van der Waals surface area contributed by atoms with Crippen LogP contribution in [-0.2, 0) is 0 Å². The van der Waals surface area contributed by atoms with Crippen molar-refractivity contribution in [3.05, 3.63) is 34.9 Å². The van der Waals surface area contributed by atoms with Gasteiger partial charge in [0, 0.05) is 6.04 Å². The summed E-state index contributed by atoms with van der Waals surface area (Å²) in [7, 11) is 0. The van der Waals surface area contributed by atoms with Crippen molar-refractivity contribution in [3.63, 3.8) is 0 Å². The summed E-state index contributed by atoms with van der Waals surface area (Å²) in [4.78, 5) is 0. The zero-order chi connectivity index (χ0) is 10.1. The Morgan fingerprint density at radius 2 is 2.07 bits per heavy atom. The summed E-state index contributed by atoms with van der Waals surface area (Å²) in [6.45, 7) is 4.29. The smallest absolute Gasteiger partial charge is 0.0300 e. The minimum absolute atomic E-state index is 0.252. The predicted octanol–water partition coefficient (Wildman–Crippen LogP) is 3.10. The van der Waals surface area contributed by atoms with Crippen LogP contribution in [0.2, 0.25) is 0 Å². The molecule has 0 aromatic heterocycles. The Morgan fingerprint density at radius 1 is 1.36 bits per heavy atom. The van der Waals surface area contributed by atoms with Gasteiger partial charge < -0.3 is 5.73 Å². The highest BCUT2D eigenvalue weighted by Gasteiger charge is 2.24. The van der Waals surface area contributed by atoms with Crippen molar-refractivity contribution in [3.8, 4) is 0 Å². The van der Waals surface area contributed by atoms with Crippen molar-refractivity contribution < 1.29 is 0 Å². The van der Waals surface area contributed by atoms with Gasteiger partial charge in [-0.3, -0.25) is 0 Å². The molecule has 1 aromatic carbocycles. The van der Waals surface area contributed by atoms with Crippen LogP contribution in [0.25, 0.3) is 0 Å². The third-order valence-electron chi connectivity index (χ3n) is 3.12. The highest BCUT2D eigenvalue weighted by atomic mass is 14.6. The molecule has 14 heavy (non-hydrogen) atoms. The number of rotatable bonds is 3. The molecule has 76 valence electrons. The fourth-order valence-corrected chi connectivity index (χ4v) is 2.00. The van der Waals surface area contributed by atoms with E-state index in [-0.39, 0.29) is 6.04 Å². The molecular formula is C13H19N. The first-order chi connectivity index (χ1) is 6.66. The summed E-state index contributed by atoms with van der Waals surface area (Å²) in [5, 5.41) is 0. The summed E-state index contributed by atoms with van der Waals surface area (Å²) in [5.74, 6) is 0.907. The highest BCUT2D eigenvalue weighted by molar-refractivity contribution is 5.32. The van der Waals surface area contributed by atoms with Gasteiger partial charge in [-0.05, 0) is 37.3 Å². The second kappa shape index (κ2) is 3.74. The quantitative estimate of drug-likeness (QED) is 0.776. The molecule has 2 rings (SSSR count). The van der Waals surface area contributed by atoms with E-state index >= 15 is 0 Å². The number of hydrogen-bond donors (Lipinski definition) is 1. The lowest BCUT2D eigenvalue weighted by molar-refractivity contribution is 0.594. The molecule has 1 fully saturated rings. The highest BCUT2D eigenvalue weighted by Crippen LogP contribution is 2.37. The fourth-order valence-electron chi connectivity index (χ4n) is 2.00. The monoisotopic (exact) mass is 189 g/mol. The van der Waals surface area contributed by atoms with Crippen LogP contribution >= 0.6 is 0 Å². The first kappa shape index (κ1) is 9.72. The average molecular weight is 189 g/mol. The van der Waals surface area contributed by atoms with Crippen molar-refractivity contribution in [1.82, 2.24) is 0 Å². The van der Waals surface area contributed by atoms with Gasteiger partial charge >= 0.3 is 0 Å². The topological polar surface area (TPSA) is 26.0 Å². The molecule has 0 radical (unpaired) electrons. The fraction of sp³-hybridized carbons (Fsp3) is 0.538. The van der Waals surface area contributed by atoms with Gasteiger partial charge in [-0.15, -0.1) is 0 Å². The Labute approximate surface area is 86.3 Å². The van der Waals surface area contributed by atoms with Gasteiger partial charge in [-0.1, -0.05) is 36.6 Å². The molecule has 1 saturated carbocycles. The van der Waals surface area contributed by atoms with Crippen LogP contribution in [0.5, 0.6) is 0 Å². The van der Waals surface area contributed by atoms with Crippen LogP contribution in [0, 0.1) is 19.8 Å². The van der Waals surface area contributed by atoms with E-state index in [9.17, 15) is 0 Å². The van der Waals surface area contributed by atoms with Crippen molar-refractivity contribution in [2.45, 2.75) is 39.2 Å². The van der Waals surface area contributed by atoms with Gasteiger partial charge in [-0.2, -0.15) is 0 Å². The zero-order valence-electron chi connectivity index (χ0n) is 9.09. The van der Waals surface area contributed by atoms with Gasteiger partial charge in [0.15, 0.2) is 0 Å². The largest absolute Gasteiger partial charge is 0.324 e. The molecule has 1 heteroatoms. The predicted molar refractivity (Wildman–Crippen MR) is 60.2 cm³/mol. The van der Waals surface area contributed by atoms with Crippen LogP contribution in [0.1, 0.15) is 42.0 Å². The lowest BCUT2D eigenvalue weighted by Gasteiger charge is -2.15. The first-order valence-electron chi connectivity index (χ1n) is 5.49. The standard InChI is InChI=1S/C13H19N/c1-9-3-4-10(2)12(7-9)13(14)8-11-5-6-11/h3-4,7,11,13H,5-6,8,14H2,1-2H3. The Kier molecular flexibility index (Phi) is 2.60. The van der Waals surface area contributed by atoms with E-state index in [4.69, 9.17) is 5.73 Å². The van der Waals surface area contributed by atoms with Crippen molar-refractivity contribution in [2.24, 2.45) is 11.7 Å². The summed E-state index contributed by atoms with van der Waals surface area (Å²) in [5.41, 5.74) is 10.2. The van der Waals surface area contributed by atoms with Crippen LogP contribution in [0.15, 0.2) is 18.2 Å². The van der Waals surface area contributed by atoms with Gasteiger partial charge in [0.25, 0.3) is 0 Å². The third kappa shape index (κ3) is 2.16. The van der Waals surface area contributed by atoms with Crippen LogP contribution in [0.3, 0.4) is 0 Å². The van der Waals surface area contributed by atoms with E-state index < -0.39 is 0 Å². The second-order valence-corrected chi connectivity index (χ2v) is 4.65. The molecule has 1 aliphatic carbocycles. The maximum atomic E-state index is 6.21. The third-order valence-corrected chi connectivity index (χ3v) is 3.12. The summed E-state index contributed by atoms with van der Waals surface area (Å²) in [6, 6.07) is 6.82. The molecule has 1 unspecified atom stereocenters. The van der Waals surface area contributed by atoms with Crippen LogP contribution < -0.4 is 5.73 Å². The molecule has 1 aromatic rings. The Balaban J connectivity index is 2.15. The molecule has 0 bridgehead atoms. The molecule has 0 heterocycles. The molecule has 0 amide bonds. The molecule has 0 saturated heterocycles. The average Bonchev–Trinajstić information content (AvgIpc) is 2.93. The van der Waals surface area contributed by atoms with Crippen LogP contribution in [0.4, 0.5) is 0 Å². The Morgan fingerprint density at radius 3 is 2.71 bits per heavy atom. The van der Waals surface area contributed by atoms with E-state index in [2.05, 4.69) is 32.0 Å². The zero-order valence-corrected chi connectivity index (χ0v) is 9.09. The van der Waals surface area contributed by atoms with E-state index in [0.717, 1.165) is 5.92 Å². The lowest BCUT2D eigenvalue weighted by Crippen LogP contribution is -2.12. The minimum Gasteiger partial charge on any atom is -0.324 e. The lowest BCUT2D eigenvalue weighted by atomic mass is 9.96. The van der Waals surface area contributed by atoms with Gasteiger partial charge in [0.2, 0.25) is 0 Å². The SMILES string of the molecule is Cc1ccc(C)c(C(N)CC2CC2)c1. The molecular weight excluding hydrogens is 170 g/mol. The van der Waals surface area contributed by atoms with Crippen molar-refractivity contribution in [1.29, 1.82) is 0 Å². The summed E-state index contributed by atoms with van der Waals surface area (Å²) >= 11 is 0. The first-order valence-corrected chi connectivity index (χ1v) is 5.49. The second-order valence-electron chi connectivity index (χ2n) is 4.65. The molecule has 2 N–H and O–H groups in total. The van der Waals surface area contributed by atoms with Gasteiger partial charge in [-0.25, -0.2) is 0 Å². The number of hydrogen-bond acceptors (Lipinski definition) is 1. The maximum absolute atomic E-state index is 6.21. The van der Waals surface area contributed by atoms with Gasteiger partial charge in [0.05, 0.1) is 0 Å². The van der Waals surface area contributed by atoms with E-state index in [0.29, 0.717) is 0 Å². The molecule has 1 aliphatic rings. The summed E-state index contributed by atoms with van der Waals surface area (Å²) < 4.78 is 0. The Bertz CT molecular complexity index is 326. The molecule has 1 nitrogen and oxygen atoms in total. The maximum Gasteiger partial charge on any atom is 0.0300 e. The normalized spacial score (nSPS) is 18.2. The van der Waals surface area contributed by atoms with Gasteiger partial charge in [0.1, 0.15) is 0 Å².